The van der Waals surface area contributed by atoms with Crippen molar-refractivity contribution in [1.82, 2.24) is 0 Å². The van der Waals surface area contributed by atoms with Gasteiger partial charge in [-0.25, -0.2) is 0 Å². The maximum Gasteiger partial charge on any atom is 0.162 e. The number of fused-ring (bicyclic) bond motifs is 3. The molecule has 7 atom stereocenters. The van der Waals surface area contributed by atoms with E-state index >= 15 is 0 Å². The van der Waals surface area contributed by atoms with Crippen molar-refractivity contribution in [3.05, 3.63) is 12.2 Å². The van der Waals surface area contributed by atoms with Crippen LogP contribution in [0.25, 0.3) is 0 Å². The molecule has 0 heterocycles. The number of allylic oxidation sites excluding steroid dienone is 2. The van der Waals surface area contributed by atoms with Gasteiger partial charge in [-0.15, -0.1) is 0 Å². The van der Waals surface area contributed by atoms with Crippen molar-refractivity contribution in [1.29, 1.82) is 0 Å². The Bertz CT molecular complexity index is 593. The Kier molecular flexibility index (Phi) is 2.73. The van der Waals surface area contributed by atoms with Gasteiger partial charge in [0.15, 0.2) is 5.78 Å². The summed E-state index contributed by atoms with van der Waals surface area (Å²) in [4.78, 5) is 25.0. The molecule has 0 aromatic carbocycles. The predicted octanol–water partition coefficient (Wildman–Crippen LogP) is 2.91. The van der Waals surface area contributed by atoms with E-state index in [4.69, 9.17) is 0 Å². The maximum absolute atomic E-state index is 12.7. The zero-order valence-electron chi connectivity index (χ0n) is 13.8. The summed E-state index contributed by atoms with van der Waals surface area (Å²) in [6.45, 7) is 6.30. The molecule has 2 bridgehead atoms. The van der Waals surface area contributed by atoms with Gasteiger partial charge in [0.2, 0.25) is 0 Å². The number of aliphatic hydroxyl groups excluding tert-OH is 1. The highest BCUT2D eigenvalue weighted by molar-refractivity contribution is 5.89. The Morgan fingerprint density at radius 1 is 1.23 bits per heavy atom. The van der Waals surface area contributed by atoms with Gasteiger partial charge in [0.25, 0.3) is 0 Å². The minimum Gasteiger partial charge on any atom is -0.385 e. The lowest BCUT2D eigenvalue weighted by Crippen LogP contribution is -2.60. The third-order valence-electron chi connectivity index (χ3n) is 7.78. The summed E-state index contributed by atoms with van der Waals surface area (Å²) in [5, 5.41) is 10.2. The van der Waals surface area contributed by atoms with Gasteiger partial charge < -0.3 is 5.11 Å². The molecule has 0 radical (unpaired) electrons. The third-order valence-corrected chi connectivity index (χ3v) is 7.78. The number of ketones is 2. The van der Waals surface area contributed by atoms with E-state index in [1.807, 2.05) is 6.92 Å². The number of aliphatic hydroxyl groups is 1. The van der Waals surface area contributed by atoms with Gasteiger partial charge >= 0.3 is 0 Å². The molecular formula is C19H26O3. The molecule has 3 nitrogen and oxygen atoms in total. The molecule has 0 aromatic rings. The first-order valence-electron chi connectivity index (χ1n) is 8.66. The summed E-state index contributed by atoms with van der Waals surface area (Å²) in [6.07, 6.45) is 7.77. The molecule has 0 aromatic heterocycles. The third kappa shape index (κ3) is 1.56. The molecule has 3 saturated carbocycles. The Morgan fingerprint density at radius 2 is 1.95 bits per heavy atom. The second-order valence-electron chi connectivity index (χ2n) is 8.94. The quantitative estimate of drug-likeness (QED) is 0.700. The molecule has 0 saturated heterocycles. The smallest absolute Gasteiger partial charge is 0.162 e. The average molecular weight is 302 g/mol. The molecule has 0 amide bonds. The fraction of sp³-hybridized carbons (Fsp3) is 0.789. The van der Waals surface area contributed by atoms with E-state index in [9.17, 15) is 14.7 Å². The van der Waals surface area contributed by atoms with Crippen LogP contribution in [0.5, 0.6) is 0 Å². The Labute approximate surface area is 132 Å². The number of Topliss-reactive ketones (excluding diaryl/α,β-unsaturated/α-hetero) is 2. The molecular weight excluding hydrogens is 276 g/mol. The highest BCUT2D eigenvalue weighted by atomic mass is 16.3. The topological polar surface area (TPSA) is 54.4 Å². The fourth-order valence-corrected chi connectivity index (χ4v) is 6.56. The van der Waals surface area contributed by atoms with E-state index in [2.05, 4.69) is 26.0 Å². The van der Waals surface area contributed by atoms with Gasteiger partial charge in [-0.05, 0) is 54.8 Å². The maximum atomic E-state index is 12.7. The Morgan fingerprint density at radius 3 is 2.68 bits per heavy atom. The summed E-state index contributed by atoms with van der Waals surface area (Å²) < 4.78 is 0. The van der Waals surface area contributed by atoms with Gasteiger partial charge in [0.1, 0.15) is 11.9 Å². The lowest BCUT2D eigenvalue weighted by Gasteiger charge is -2.61. The number of hydrogen-bond acceptors (Lipinski definition) is 3. The summed E-state index contributed by atoms with van der Waals surface area (Å²) >= 11 is 0. The van der Waals surface area contributed by atoms with Gasteiger partial charge in [0.05, 0.1) is 0 Å². The normalized spacial score (nSPS) is 56.7. The van der Waals surface area contributed by atoms with Crippen molar-refractivity contribution < 1.29 is 14.7 Å². The molecule has 22 heavy (non-hydrogen) atoms. The second kappa shape index (κ2) is 4.11. The van der Waals surface area contributed by atoms with E-state index in [1.54, 1.807) is 0 Å². The van der Waals surface area contributed by atoms with Crippen LogP contribution in [-0.2, 0) is 9.59 Å². The van der Waals surface area contributed by atoms with Crippen molar-refractivity contribution in [2.45, 2.75) is 59.0 Å². The van der Waals surface area contributed by atoms with Crippen LogP contribution >= 0.6 is 0 Å². The summed E-state index contributed by atoms with van der Waals surface area (Å²) in [6, 6.07) is 0. The van der Waals surface area contributed by atoms with Crippen LogP contribution in [0.4, 0.5) is 0 Å². The van der Waals surface area contributed by atoms with Crippen molar-refractivity contribution in [2.75, 3.05) is 0 Å². The zero-order valence-corrected chi connectivity index (χ0v) is 13.8. The van der Waals surface area contributed by atoms with E-state index < -0.39 is 6.10 Å². The largest absolute Gasteiger partial charge is 0.385 e. The van der Waals surface area contributed by atoms with Crippen molar-refractivity contribution in [3.8, 4) is 0 Å². The zero-order chi connectivity index (χ0) is 15.9. The SMILES string of the molecule is CC1C(O)C(=O)CC2(C)C1CCC13C=CC(C)(C1)C(=O)CC32. The highest BCUT2D eigenvalue weighted by Crippen LogP contribution is 2.68. The molecule has 120 valence electrons. The first-order valence-corrected chi connectivity index (χ1v) is 8.66. The van der Waals surface area contributed by atoms with Crippen LogP contribution < -0.4 is 0 Å². The van der Waals surface area contributed by atoms with Gasteiger partial charge in [-0.3, -0.25) is 9.59 Å². The molecule has 7 unspecified atom stereocenters. The molecule has 3 fully saturated rings. The van der Waals surface area contributed by atoms with Crippen LogP contribution in [-0.4, -0.2) is 22.8 Å². The molecule has 4 rings (SSSR count). The van der Waals surface area contributed by atoms with E-state index in [1.165, 1.54) is 0 Å². The van der Waals surface area contributed by atoms with Gasteiger partial charge in [0, 0.05) is 18.3 Å². The van der Waals surface area contributed by atoms with Gasteiger partial charge in [-0.2, -0.15) is 0 Å². The monoisotopic (exact) mass is 302 g/mol. The first-order chi connectivity index (χ1) is 10.2. The molecule has 0 aliphatic heterocycles. The van der Waals surface area contributed by atoms with Crippen LogP contribution in [0.2, 0.25) is 0 Å². The lowest BCUT2D eigenvalue weighted by molar-refractivity contribution is -0.169. The molecule has 4 aliphatic rings. The molecule has 4 aliphatic carbocycles. The van der Waals surface area contributed by atoms with E-state index in [-0.39, 0.29) is 33.9 Å². The molecule has 1 N–H and O–H groups in total. The van der Waals surface area contributed by atoms with E-state index in [0.717, 1.165) is 19.3 Å². The standard InChI is InChI=1S/C19H26O3/c1-11-12-4-5-19-7-6-17(2,10-19)15(21)8-14(19)18(12,3)9-13(20)16(11)22/h6-7,11-12,14,16,22H,4-5,8-10H2,1-3H3. The molecule has 3 heteroatoms. The van der Waals surface area contributed by atoms with E-state index in [0.29, 0.717) is 24.5 Å². The van der Waals surface area contributed by atoms with Crippen molar-refractivity contribution in [2.24, 2.45) is 34.0 Å². The Hall–Kier alpha value is -0.960. The summed E-state index contributed by atoms with van der Waals surface area (Å²) in [5.74, 6) is 0.942. The minimum atomic E-state index is -0.809. The Balaban J connectivity index is 1.78. The van der Waals surface area contributed by atoms with Crippen LogP contribution in [0.1, 0.15) is 52.9 Å². The van der Waals surface area contributed by atoms with Crippen LogP contribution in [0.3, 0.4) is 0 Å². The number of hydrogen-bond donors (Lipinski definition) is 1. The van der Waals surface area contributed by atoms with Crippen molar-refractivity contribution in [3.63, 3.8) is 0 Å². The number of carbonyl (C=O) groups excluding carboxylic acids is 2. The predicted molar refractivity (Wildman–Crippen MR) is 83.0 cm³/mol. The van der Waals surface area contributed by atoms with Crippen LogP contribution in [0.15, 0.2) is 12.2 Å². The fourth-order valence-electron chi connectivity index (χ4n) is 6.56. The van der Waals surface area contributed by atoms with Crippen molar-refractivity contribution >= 4 is 11.6 Å². The summed E-state index contributed by atoms with van der Waals surface area (Å²) in [7, 11) is 0. The molecule has 1 spiro atoms. The first kappa shape index (κ1) is 14.6. The highest BCUT2D eigenvalue weighted by Gasteiger charge is 2.65. The second-order valence-corrected chi connectivity index (χ2v) is 8.94. The lowest BCUT2D eigenvalue weighted by atomic mass is 9.42. The average Bonchev–Trinajstić information content (AvgIpc) is 2.75. The minimum absolute atomic E-state index is 0.0115. The number of carbonyl (C=O) groups is 2. The number of rotatable bonds is 0. The van der Waals surface area contributed by atoms with Gasteiger partial charge in [-0.1, -0.05) is 26.0 Å². The summed E-state index contributed by atoms with van der Waals surface area (Å²) in [5.41, 5.74) is -0.306. The van der Waals surface area contributed by atoms with Crippen LogP contribution in [0, 0.1) is 34.0 Å².